The van der Waals surface area contributed by atoms with Gasteiger partial charge in [-0.15, -0.1) is 0 Å². The molecular formula is C7H7N2O2. The Hall–Kier alpha value is -1.58. The molecule has 1 radical (unpaired) electrons. The first-order chi connectivity index (χ1) is 5.18. The summed E-state index contributed by atoms with van der Waals surface area (Å²) in [6, 6.07) is 0. The molecule has 0 aromatic rings. The second kappa shape index (κ2) is 3.01. The topological polar surface area (TPSA) is 64.2 Å². The van der Waals surface area contributed by atoms with Crippen molar-refractivity contribution in [2.45, 2.75) is 6.92 Å². The lowest BCUT2D eigenvalue weighted by Crippen LogP contribution is -2.11. The van der Waals surface area contributed by atoms with Gasteiger partial charge in [-0.3, -0.25) is 10.2 Å². The van der Waals surface area contributed by atoms with Gasteiger partial charge in [0.25, 0.3) is 0 Å². The summed E-state index contributed by atoms with van der Waals surface area (Å²) in [5.74, 6) is 0.0526. The van der Waals surface area contributed by atoms with E-state index in [0.29, 0.717) is 5.76 Å². The molecule has 0 aromatic carbocycles. The van der Waals surface area contributed by atoms with Crippen LogP contribution in [0.3, 0.4) is 0 Å². The van der Waals surface area contributed by atoms with Crippen LogP contribution in [-0.2, 0) is 9.53 Å². The molecule has 0 fully saturated rings. The Morgan fingerprint density at radius 3 is 3.00 bits per heavy atom. The maximum absolute atomic E-state index is 10.4. The van der Waals surface area contributed by atoms with Gasteiger partial charge in [0.2, 0.25) is 0 Å². The quantitative estimate of drug-likeness (QED) is 0.556. The predicted molar refractivity (Wildman–Crippen MR) is 38.8 cm³/mol. The normalized spacial score (nSPS) is 15.4. The molecular weight excluding hydrogens is 144 g/mol. The first-order valence-corrected chi connectivity index (χ1v) is 3.04. The molecule has 0 aliphatic carbocycles. The van der Waals surface area contributed by atoms with Crippen LogP contribution in [0.5, 0.6) is 0 Å². The summed E-state index contributed by atoms with van der Waals surface area (Å²) in [5, 5.41) is 10.7. The Labute approximate surface area is 64.1 Å². The van der Waals surface area contributed by atoms with E-state index >= 15 is 0 Å². The van der Waals surface area contributed by atoms with Crippen LogP contribution in [0.15, 0.2) is 24.1 Å². The van der Waals surface area contributed by atoms with Gasteiger partial charge in [0, 0.05) is 19.2 Å². The third-order valence-electron chi connectivity index (χ3n) is 0.993. The van der Waals surface area contributed by atoms with Crippen molar-refractivity contribution in [2.24, 2.45) is 0 Å². The van der Waals surface area contributed by atoms with Crippen LogP contribution in [0.1, 0.15) is 6.92 Å². The van der Waals surface area contributed by atoms with Gasteiger partial charge in [-0.1, -0.05) is 0 Å². The number of carbonyl (C=O) groups excluding carboxylic acids is 1. The number of nitrogens with one attached hydrogen (secondary N) is 1. The van der Waals surface area contributed by atoms with Crippen LogP contribution in [0.25, 0.3) is 0 Å². The van der Waals surface area contributed by atoms with Crippen LogP contribution in [0.4, 0.5) is 0 Å². The number of amidine groups is 1. The average Bonchev–Trinajstić information content (AvgIpc) is 1.85. The fraction of sp³-hybridized carbons (Fsp3) is 0.143. The minimum absolute atomic E-state index is 0.0868. The Balaban J connectivity index is 2.64. The number of carbonyl (C=O) groups is 1. The van der Waals surface area contributed by atoms with Crippen molar-refractivity contribution in [1.29, 1.82) is 5.41 Å². The van der Waals surface area contributed by atoms with E-state index in [4.69, 9.17) is 10.1 Å². The molecule has 0 atom stereocenters. The molecule has 4 nitrogen and oxygen atoms in total. The number of hydrogen-bond acceptors (Lipinski definition) is 3. The second-order valence-electron chi connectivity index (χ2n) is 1.97. The van der Waals surface area contributed by atoms with Gasteiger partial charge >= 0.3 is 5.97 Å². The molecule has 0 spiro atoms. The molecule has 0 aromatic heterocycles. The number of ether oxygens (including phenoxy) is 1. The highest BCUT2D eigenvalue weighted by atomic mass is 16.5. The Morgan fingerprint density at radius 1 is 1.73 bits per heavy atom. The number of hydrogen-bond donors (Lipinski definition) is 1. The monoisotopic (exact) mass is 151 g/mol. The van der Waals surface area contributed by atoms with Gasteiger partial charge in [-0.2, -0.15) is 0 Å². The lowest BCUT2D eigenvalue weighted by molar-refractivity contribution is -0.136. The fourth-order valence-corrected chi connectivity index (χ4v) is 0.641. The summed E-state index contributed by atoms with van der Waals surface area (Å²) in [6.07, 6.45) is 4.32. The van der Waals surface area contributed by atoms with E-state index < -0.39 is 5.97 Å². The van der Waals surface area contributed by atoms with E-state index in [9.17, 15) is 4.79 Å². The zero-order valence-corrected chi connectivity index (χ0v) is 6.00. The van der Waals surface area contributed by atoms with Gasteiger partial charge in [0.15, 0.2) is 0 Å². The van der Waals surface area contributed by atoms with Crippen molar-refractivity contribution < 1.29 is 9.53 Å². The Kier molecular flexibility index (Phi) is 2.06. The third kappa shape index (κ3) is 2.25. The largest absolute Gasteiger partial charge is 0.427 e. The highest BCUT2D eigenvalue weighted by molar-refractivity contribution is 5.92. The van der Waals surface area contributed by atoms with Gasteiger partial charge in [-0.25, -0.2) is 5.32 Å². The van der Waals surface area contributed by atoms with Gasteiger partial charge < -0.3 is 4.74 Å². The van der Waals surface area contributed by atoms with Crippen LogP contribution >= 0.6 is 0 Å². The molecule has 1 N–H and O–H groups in total. The number of rotatable bonds is 1. The van der Waals surface area contributed by atoms with Crippen molar-refractivity contribution in [3.05, 3.63) is 24.1 Å². The minimum Gasteiger partial charge on any atom is -0.427 e. The third-order valence-corrected chi connectivity index (χ3v) is 0.993. The highest BCUT2D eigenvalue weighted by Gasteiger charge is 2.04. The van der Waals surface area contributed by atoms with Gasteiger partial charge in [0.1, 0.15) is 11.6 Å². The summed E-state index contributed by atoms with van der Waals surface area (Å²) in [7, 11) is 0. The summed E-state index contributed by atoms with van der Waals surface area (Å²) in [4.78, 5) is 10.4. The standard InChI is InChI=1S/C7H7N2O2/c1-5(10)11-6-2-3-9-7(8)4-6/h2-4,8H,1H3. The maximum atomic E-state index is 10.4. The molecule has 1 aliphatic rings. The smallest absolute Gasteiger partial charge is 0.308 e. The molecule has 4 heteroatoms. The lowest BCUT2D eigenvalue weighted by atomic mass is 10.3. The van der Waals surface area contributed by atoms with Gasteiger partial charge in [-0.05, 0) is 6.08 Å². The zero-order valence-electron chi connectivity index (χ0n) is 6.00. The first kappa shape index (κ1) is 7.53. The van der Waals surface area contributed by atoms with Crippen molar-refractivity contribution in [3.8, 4) is 0 Å². The molecule has 1 rings (SSSR count). The highest BCUT2D eigenvalue weighted by Crippen LogP contribution is 2.03. The Morgan fingerprint density at radius 2 is 2.45 bits per heavy atom. The van der Waals surface area contributed by atoms with Crippen molar-refractivity contribution in [1.82, 2.24) is 5.32 Å². The van der Waals surface area contributed by atoms with Gasteiger partial charge in [0.05, 0.1) is 0 Å². The molecule has 0 unspecified atom stereocenters. The minimum atomic E-state index is -0.393. The predicted octanol–water partition coefficient (Wildman–Crippen LogP) is 0.542. The SMILES string of the molecule is CC(=O)OC1=CC(=N)[N]C=C1. The van der Waals surface area contributed by atoms with Crippen molar-refractivity contribution >= 4 is 11.8 Å². The first-order valence-electron chi connectivity index (χ1n) is 3.04. The molecule has 0 bridgehead atoms. The maximum Gasteiger partial charge on any atom is 0.308 e. The second-order valence-corrected chi connectivity index (χ2v) is 1.97. The summed E-state index contributed by atoms with van der Waals surface area (Å²) < 4.78 is 4.70. The summed E-state index contributed by atoms with van der Waals surface area (Å²) in [6.45, 7) is 1.31. The van der Waals surface area contributed by atoms with E-state index in [1.807, 2.05) is 0 Å². The Bertz CT molecular complexity index is 253. The molecule has 0 amide bonds. The van der Waals surface area contributed by atoms with Crippen LogP contribution in [-0.4, -0.2) is 11.8 Å². The number of nitrogens with zero attached hydrogens (tertiary/aromatic N) is 1. The van der Waals surface area contributed by atoms with Crippen LogP contribution < -0.4 is 5.32 Å². The molecule has 0 saturated heterocycles. The molecule has 57 valence electrons. The summed E-state index contributed by atoms with van der Waals surface area (Å²) in [5.41, 5.74) is 0. The van der Waals surface area contributed by atoms with E-state index in [1.54, 1.807) is 0 Å². The lowest BCUT2D eigenvalue weighted by Gasteiger charge is -2.05. The van der Waals surface area contributed by atoms with E-state index in [2.05, 4.69) is 5.32 Å². The van der Waals surface area contributed by atoms with E-state index in [0.717, 1.165) is 0 Å². The number of esters is 1. The molecule has 1 heterocycles. The molecule has 11 heavy (non-hydrogen) atoms. The zero-order chi connectivity index (χ0) is 8.27. The molecule has 1 aliphatic heterocycles. The summed E-state index contributed by atoms with van der Waals surface area (Å²) >= 11 is 0. The number of allylic oxidation sites excluding steroid dienone is 1. The van der Waals surface area contributed by atoms with Crippen LogP contribution in [0, 0.1) is 5.41 Å². The molecule has 0 saturated carbocycles. The van der Waals surface area contributed by atoms with Crippen LogP contribution in [0.2, 0.25) is 0 Å². The van der Waals surface area contributed by atoms with E-state index in [1.165, 1.54) is 25.3 Å². The average molecular weight is 151 g/mol. The van der Waals surface area contributed by atoms with Crippen molar-refractivity contribution in [2.75, 3.05) is 0 Å². The van der Waals surface area contributed by atoms with Crippen molar-refractivity contribution in [3.63, 3.8) is 0 Å². The fourth-order valence-electron chi connectivity index (χ4n) is 0.641. The van der Waals surface area contributed by atoms with E-state index in [-0.39, 0.29) is 5.84 Å².